The topological polar surface area (TPSA) is 275 Å². The Morgan fingerprint density at radius 1 is 0.672 bits per heavy atom. The number of ether oxygens (including phenoxy) is 6. The monoisotopic (exact) mass is 913 g/mol. The van der Waals surface area contributed by atoms with E-state index in [0.29, 0.717) is 25.2 Å². The fraction of sp³-hybridized carbons (Fsp3) is 0.936. The summed E-state index contributed by atoms with van der Waals surface area (Å²) >= 11 is 0. The quantitative estimate of drug-likeness (QED) is 0.116. The number of allylic oxidation sites excluding steroid dienone is 2. The number of carbonyl (C=O) groups is 1. The standard InChI is InChI=1S/C47H76O17/c1-42(2)14-16-47(41(57)58)17-15-45(6)22(23(47)18-42)8-9-28-44(5)12-11-29(43(3,4)27(44)10-13-46(28,45)7)62-40-37(64-38-34(55)30(51)24(50)21-59-38)36(32(53)26(20-49)61-40)63-39-35(56)33(54)31(52)25(19-48)60-39/h8,23-40,48-56H,9-21H2,1-7H3,(H,57,58)/t23-,24+,25+,26+,27-,28+,29-,30-,31+,32+,33-,34+,35+,36-,37+,38-,39-,40-,44-,45+,46+,47-/m0/s1. The van der Waals surface area contributed by atoms with Crippen molar-refractivity contribution in [1.29, 1.82) is 0 Å². The summed E-state index contributed by atoms with van der Waals surface area (Å²) in [5.41, 5.74) is -0.169. The van der Waals surface area contributed by atoms with Gasteiger partial charge in [-0.3, -0.25) is 4.79 Å². The zero-order chi connectivity index (χ0) is 46.7. The van der Waals surface area contributed by atoms with E-state index < -0.39 is 129 Å². The minimum atomic E-state index is -1.86. The van der Waals surface area contributed by atoms with Crippen LogP contribution < -0.4 is 0 Å². The molecule has 0 bridgehead atoms. The minimum absolute atomic E-state index is 0.00488. The van der Waals surface area contributed by atoms with Gasteiger partial charge in [-0.05, 0) is 109 Å². The van der Waals surface area contributed by atoms with E-state index in [1.54, 1.807) is 0 Å². The molecule has 17 nitrogen and oxygen atoms in total. The molecule has 366 valence electrons. The van der Waals surface area contributed by atoms with Crippen molar-refractivity contribution in [2.24, 2.45) is 50.2 Å². The van der Waals surface area contributed by atoms with Crippen LogP contribution in [0.15, 0.2) is 11.6 Å². The van der Waals surface area contributed by atoms with Crippen molar-refractivity contribution in [3.63, 3.8) is 0 Å². The molecular formula is C47H76O17. The highest BCUT2D eigenvalue weighted by Crippen LogP contribution is 2.76. The largest absolute Gasteiger partial charge is 0.481 e. The van der Waals surface area contributed by atoms with Gasteiger partial charge in [0.25, 0.3) is 0 Å². The Morgan fingerprint density at radius 3 is 1.97 bits per heavy atom. The Labute approximate surface area is 376 Å². The van der Waals surface area contributed by atoms with Crippen molar-refractivity contribution in [2.75, 3.05) is 19.8 Å². The molecule has 22 atom stereocenters. The zero-order valence-corrected chi connectivity index (χ0v) is 38.5. The summed E-state index contributed by atoms with van der Waals surface area (Å²) < 4.78 is 36.9. The lowest BCUT2D eigenvalue weighted by atomic mass is 9.33. The van der Waals surface area contributed by atoms with E-state index in [1.165, 1.54) is 5.57 Å². The fourth-order valence-corrected chi connectivity index (χ4v) is 14.8. The second kappa shape index (κ2) is 17.2. The Morgan fingerprint density at radius 2 is 1.30 bits per heavy atom. The van der Waals surface area contributed by atoms with E-state index in [-0.39, 0.29) is 33.5 Å². The van der Waals surface area contributed by atoms with E-state index in [4.69, 9.17) is 28.4 Å². The van der Waals surface area contributed by atoms with Crippen molar-refractivity contribution in [1.82, 2.24) is 0 Å². The molecule has 0 radical (unpaired) electrons. The maximum Gasteiger partial charge on any atom is 0.310 e. The first-order valence-corrected chi connectivity index (χ1v) is 23.7. The van der Waals surface area contributed by atoms with Gasteiger partial charge in [-0.1, -0.05) is 60.1 Å². The highest BCUT2D eigenvalue weighted by molar-refractivity contribution is 5.76. The summed E-state index contributed by atoms with van der Waals surface area (Å²) in [6.45, 7) is 14.4. The number of aliphatic hydroxyl groups excluding tert-OH is 9. The van der Waals surface area contributed by atoms with Gasteiger partial charge >= 0.3 is 5.97 Å². The summed E-state index contributed by atoms with van der Waals surface area (Å²) in [4.78, 5) is 13.2. The molecule has 0 aromatic heterocycles. The summed E-state index contributed by atoms with van der Waals surface area (Å²) in [6, 6.07) is 0. The van der Waals surface area contributed by atoms with Crippen LogP contribution in [0.1, 0.15) is 113 Å². The highest BCUT2D eigenvalue weighted by Gasteiger charge is 2.70. The van der Waals surface area contributed by atoms with Crippen LogP contribution in [0.25, 0.3) is 0 Å². The summed E-state index contributed by atoms with van der Waals surface area (Å²) in [5.74, 6) is -0.181. The smallest absolute Gasteiger partial charge is 0.310 e. The molecule has 0 amide bonds. The highest BCUT2D eigenvalue weighted by atomic mass is 16.8. The molecule has 7 fully saturated rings. The van der Waals surface area contributed by atoms with Crippen LogP contribution in [0, 0.1) is 50.2 Å². The Hall–Kier alpha value is -1.39. The molecule has 3 aliphatic heterocycles. The van der Waals surface area contributed by atoms with E-state index in [0.717, 1.165) is 44.9 Å². The molecule has 0 spiro atoms. The first-order valence-electron chi connectivity index (χ1n) is 23.7. The molecule has 4 saturated carbocycles. The lowest BCUT2D eigenvalue weighted by Crippen LogP contribution is -2.68. The molecule has 10 N–H and O–H groups in total. The zero-order valence-electron chi connectivity index (χ0n) is 38.5. The first-order chi connectivity index (χ1) is 29.9. The Kier molecular flexibility index (Phi) is 13.2. The van der Waals surface area contributed by atoms with Crippen LogP contribution in [0.3, 0.4) is 0 Å². The number of carboxylic acids is 1. The van der Waals surface area contributed by atoms with Gasteiger partial charge in [-0.15, -0.1) is 0 Å². The Balaban J connectivity index is 1.08. The molecular weight excluding hydrogens is 836 g/mol. The van der Waals surface area contributed by atoms with Gasteiger partial charge in [0.05, 0.1) is 31.3 Å². The van der Waals surface area contributed by atoms with Crippen molar-refractivity contribution in [2.45, 2.75) is 205 Å². The third kappa shape index (κ3) is 7.58. The van der Waals surface area contributed by atoms with Crippen molar-refractivity contribution in [3.8, 4) is 0 Å². The number of carboxylic acid groups (broad SMARTS) is 1. The number of aliphatic hydroxyl groups is 9. The predicted octanol–water partition coefficient (Wildman–Crippen LogP) is 1.35. The summed E-state index contributed by atoms with van der Waals surface area (Å²) in [7, 11) is 0. The summed E-state index contributed by atoms with van der Waals surface area (Å²) in [5, 5.41) is 107. The number of rotatable bonds is 9. The molecule has 3 saturated heterocycles. The van der Waals surface area contributed by atoms with Gasteiger partial charge < -0.3 is 79.5 Å². The second-order valence-corrected chi connectivity index (χ2v) is 23.0. The molecule has 8 aliphatic rings. The minimum Gasteiger partial charge on any atom is -0.481 e. The molecule has 0 aromatic rings. The van der Waals surface area contributed by atoms with E-state index in [1.807, 2.05) is 0 Å². The van der Waals surface area contributed by atoms with Crippen molar-refractivity contribution in [3.05, 3.63) is 11.6 Å². The number of hydrogen-bond donors (Lipinski definition) is 10. The van der Waals surface area contributed by atoms with Gasteiger partial charge in [0.15, 0.2) is 18.9 Å². The predicted molar refractivity (Wildman–Crippen MR) is 225 cm³/mol. The van der Waals surface area contributed by atoms with Crippen LogP contribution >= 0.6 is 0 Å². The van der Waals surface area contributed by atoms with Crippen LogP contribution in [-0.2, 0) is 33.2 Å². The van der Waals surface area contributed by atoms with E-state index >= 15 is 0 Å². The van der Waals surface area contributed by atoms with Crippen LogP contribution in [0.5, 0.6) is 0 Å². The normalized spacial score (nSPS) is 53.5. The second-order valence-electron chi connectivity index (χ2n) is 23.0. The molecule has 3 heterocycles. The van der Waals surface area contributed by atoms with Crippen molar-refractivity contribution < 1.29 is 84.3 Å². The lowest BCUT2D eigenvalue weighted by Gasteiger charge is -2.71. The van der Waals surface area contributed by atoms with Gasteiger partial charge in [-0.25, -0.2) is 0 Å². The lowest BCUT2D eigenvalue weighted by molar-refractivity contribution is -0.395. The van der Waals surface area contributed by atoms with Crippen LogP contribution in [0.2, 0.25) is 0 Å². The number of aliphatic carboxylic acids is 1. The van der Waals surface area contributed by atoms with Crippen LogP contribution in [0.4, 0.5) is 0 Å². The fourth-order valence-electron chi connectivity index (χ4n) is 14.8. The van der Waals surface area contributed by atoms with Gasteiger partial charge in [-0.2, -0.15) is 0 Å². The van der Waals surface area contributed by atoms with Gasteiger partial charge in [0.2, 0.25) is 0 Å². The van der Waals surface area contributed by atoms with Gasteiger partial charge in [0.1, 0.15) is 67.1 Å². The number of fused-ring (bicyclic) bond motifs is 7. The maximum absolute atomic E-state index is 13.2. The molecule has 5 aliphatic carbocycles. The Bertz CT molecular complexity index is 1740. The number of hydrogen-bond acceptors (Lipinski definition) is 16. The molecule has 0 unspecified atom stereocenters. The summed E-state index contributed by atoms with van der Waals surface area (Å²) in [6.07, 6.45) is -12.4. The SMILES string of the molecule is CC1(C)CC[C@]2(C(=O)O)CC[C@]3(C)C(=CC[C@@H]4[C@@]5(C)CC[C@H](O[C@@H]6O[C@H](CO)[C@@H](O)[C@H](O[C@@H]7O[C@H](CO)[C@@H](O)[C@H](O)[C@H]7O)[C@H]6O[C@@H]6OC[C@@H](O)[C@H](O)[C@H]6O)C(C)(C)[C@@H]5CC[C@]43C)[C@@H]2C1. The average molecular weight is 913 g/mol. The first kappa shape index (κ1) is 49.0. The van der Waals surface area contributed by atoms with Crippen molar-refractivity contribution >= 4 is 5.97 Å². The average Bonchev–Trinajstić information content (AvgIpc) is 3.23. The molecule has 17 heteroatoms. The van der Waals surface area contributed by atoms with Crippen LogP contribution in [-0.4, -0.2) is 169 Å². The third-order valence-electron chi connectivity index (χ3n) is 19.0. The third-order valence-corrected chi connectivity index (χ3v) is 19.0. The molecule has 0 aromatic carbocycles. The van der Waals surface area contributed by atoms with E-state index in [2.05, 4.69) is 54.5 Å². The van der Waals surface area contributed by atoms with E-state index in [9.17, 15) is 55.9 Å². The van der Waals surface area contributed by atoms with Gasteiger partial charge in [0, 0.05) is 0 Å². The maximum atomic E-state index is 13.2. The molecule has 8 rings (SSSR count). The molecule has 64 heavy (non-hydrogen) atoms.